The van der Waals surface area contributed by atoms with Gasteiger partial charge in [0.25, 0.3) is 11.8 Å². The van der Waals surface area contributed by atoms with Gasteiger partial charge >= 0.3 is 18.0 Å². The number of thiophene rings is 1. The summed E-state index contributed by atoms with van der Waals surface area (Å²) in [6.45, 7) is 0.370. The number of nitrogen functional groups attached to an aromatic ring is 2. The predicted octanol–water partition coefficient (Wildman–Crippen LogP) is 3.06. The molecular formula is C34H31ClN10O8S. The van der Waals surface area contributed by atoms with Gasteiger partial charge in [0.2, 0.25) is 5.95 Å². The molecule has 0 saturated heterocycles. The molecule has 1 aliphatic heterocycles. The molecule has 18 nitrogen and oxygen atoms in total. The number of nitrogens with two attached hydrogens (primary N) is 3. The van der Waals surface area contributed by atoms with Gasteiger partial charge in [-0.25, -0.2) is 24.5 Å². The fraction of sp³-hybridized carbons (Fsp3) is 0.176. The first-order valence-corrected chi connectivity index (χ1v) is 17.0. The molecule has 2 atom stereocenters. The highest BCUT2D eigenvalue weighted by molar-refractivity contribution is 7.12. The Hall–Kier alpha value is -6.73. The molecule has 2 aromatic carbocycles. The summed E-state index contributed by atoms with van der Waals surface area (Å²) in [5.41, 5.74) is 19.6. The zero-order chi connectivity index (χ0) is 39.3. The number of carbonyl (C=O) groups is 6. The van der Waals surface area contributed by atoms with Gasteiger partial charge in [-0.1, -0.05) is 17.7 Å². The summed E-state index contributed by atoms with van der Waals surface area (Å²) in [5, 5.41) is 22.4. The molecule has 4 amide bonds. The van der Waals surface area contributed by atoms with Gasteiger partial charge in [0.1, 0.15) is 17.5 Å². The standard InChI is InChI=1S/C20H22N8O5.C14H9ClN2O3S/c1-28(9-11-8-23-15-16(21)26-20(22)27-17(15)24-11)12-4-2-10(3-5-12)18(31)25-13(19(32)33)6-7-14(29)30;15-7-3-4-9-8(6-7)11(13(19)17(9)14(16)20)12(18)10-2-1-5-21-10/h2-5,8,13H,6-7,9H2,1H3,(H,25,31)(H,29,30)(H,32,33)(H4,21,22,24,26,27);1-6,11H,(H2,16,20). The molecule has 5 aromatic rings. The van der Waals surface area contributed by atoms with Crippen LogP contribution in [-0.2, 0) is 20.9 Å². The van der Waals surface area contributed by atoms with Gasteiger partial charge in [-0.2, -0.15) is 9.97 Å². The highest BCUT2D eigenvalue weighted by Crippen LogP contribution is 2.41. The van der Waals surface area contributed by atoms with Crippen molar-refractivity contribution in [2.24, 2.45) is 5.73 Å². The lowest BCUT2D eigenvalue weighted by molar-refractivity contribution is -0.140. The molecule has 0 radical (unpaired) electrons. The molecule has 6 rings (SSSR count). The molecule has 1 aliphatic rings. The van der Waals surface area contributed by atoms with E-state index in [1.165, 1.54) is 35.6 Å². The molecular weight excluding hydrogens is 744 g/mol. The number of carboxylic acid groups (broad SMARTS) is 2. The first-order chi connectivity index (χ1) is 25.6. The number of carboxylic acids is 2. The van der Waals surface area contributed by atoms with Crippen molar-refractivity contribution in [2.45, 2.75) is 31.3 Å². The van der Waals surface area contributed by atoms with Crippen molar-refractivity contribution in [2.75, 3.05) is 28.3 Å². The molecule has 0 bridgehead atoms. The molecule has 54 heavy (non-hydrogen) atoms. The first kappa shape index (κ1) is 38.5. The Morgan fingerprint density at radius 1 is 1.04 bits per heavy atom. The quantitative estimate of drug-likeness (QED) is 0.0830. The normalized spacial score (nSPS) is 13.7. The fourth-order valence-corrected chi connectivity index (χ4v) is 6.29. The second-order valence-electron chi connectivity index (χ2n) is 11.7. The third-order valence-corrected chi connectivity index (χ3v) is 9.10. The summed E-state index contributed by atoms with van der Waals surface area (Å²) < 4.78 is 0. The van der Waals surface area contributed by atoms with Gasteiger partial charge in [-0.3, -0.25) is 19.2 Å². The topological polar surface area (TPSA) is 291 Å². The summed E-state index contributed by atoms with van der Waals surface area (Å²) in [5.74, 6) is -4.99. The number of fused-ring (bicyclic) bond motifs is 2. The predicted molar refractivity (Wildman–Crippen MR) is 198 cm³/mol. The first-order valence-electron chi connectivity index (χ1n) is 15.8. The van der Waals surface area contributed by atoms with Crippen molar-refractivity contribution in [1.29, 1.82) is 0 Å². The minimum Gasteiger partial charge on any atom is -0.481 e. The second kappa shape index (κ2) is 16.3. The van der Waals surface area contributed by atoms with Crippen molar-refractivity contribution in [1.82, 2.24) is 25.3 Å². The summed E-state index contributed by atoms with van der Waals surface area (Å²) in [7, 11) is 1.82. The number of nitrogens with zero attached hydrogens (tertiary/aromatic N) is 6. The minimum absolute atomic E-state index is 0.00164. The van der Waals surface area contributed by atoms with Crippen LogP contribution in [-0.4, -0.2) is 78.8 Å². The lowest BCUT2D eigenvalue weighted by atomic mass is 9.95. The van der Waals surface area contributed by atoms with E-state index in [0.29, 0.717) is 38.9 Å². The van der Waals surface area contributed by atoms with E-state index in [1.54, 1.807) is 41.9 Å². The number of benzene rings is 2. The highest BCUT2D eigenvalue weighted by atomic mass is 35.5. The Bertz CT molecular complexity index is 2270. The van der Waals surface area contributed by atoms with Gasteiger partial charge < -0.3 is 37.6 Å². The summed E-state index contributed by atoms with van der Waals surface area (Å²) in [6.07, 6.45) is 0.968. The van der Waals surface area contributed by atoms with Gasteiger partial charge in [-0.05, 0) is 65.9 Å². The fourth-order valence-electron chi connectivity index (χ4n) is 5.41. The molecule has 3 aromatic heterocycles. The van der Waals surface area contributed by atoms with E-state index in [9.17, 15) is 33.9 Å². The monoisotopic (exact) mass is 774 g/mol. The molecule has 0 fully saturated rings. The number of amides is 4. The second-order valence-corrected chi connectivity index (χ2v) is 13.1. The summed E-state index contributed by atoms with van der Waals surface area (Å²) in [6, 6.07) is 12.2. The van der Waals surface area contributed by atoms with Crippen LogP contribution in [0.3, 0.4) is 0 Å². The van der Waals surface area contributed by atoms with Crippen LogP contribution >= 0.6 is 22.9 Å². The van der Waals surface area contributed by atoms with E-state index in [4.69, 9.17) is 33.9 Å². The van der Waals surface area contributed by atoms with Crippen LogP contribution in [0.4, 0.5) is 27.9 Å². The third-order valence-electron chi connectivity index (χ3n) is 7.98. The summed E-state index contributed by atoms with van der Waals surface area (Å²) in [4.78, 5) is 90.4. The van der Waals surface area contributed by atoms with Crippen molar-refractivity contribution in [3.05, 3.63) is 92.9 Å². The molecule has 9 N–H and O–H groups in total. The molecule has 0 spiro atoms. The van der Waals surface area contributed by atoms with E-state index >= 15 is 0 Å². The Balaban J connectivity index is 0.000000228. The number of urea groups is 1. The van der Waals surface area contributed by atoms with Crippen LogP contribution in [0, 0.1) is 0 Å². The van der Waals surface area contributed by atoms with Gasteiger partial charge in [0, 0.05) is 29.7 Å². The Morgan fingerprint density at radius 2 is 1.76 bits per heavy atom. The number of Topliss-reactive ketones (excluding diaryl/α,β-unsaturated/α-hetero) is 1. The largest absolute Gasteiger partial charge is 0.481 e. The lowest BCUT2D eigenvalue weighted by Gasteiger charge is -2.19. The maximum atomic E-state index is 12.5. The number of carbonyl (C=O) groups excluding carboxylic acids is 4. The molecule has 0 aliphatic carbocycles. The maximum absolute atomic E-state index is 12.5. The maximum Gasteiger partial charge on any atom is 0.326 e. The van der Waals surface area contributed by atoms with Crippen LogP contribution in [0.5, 0.6) is 0 Å². The smallest absolute Gasteiger partial charge is 0.326 e. The van der Waals surface area contributed by atoms with E-state index in [2.05, 4.69) is 25.3 Å². The molecule has 2 unspecified atom stereocenters. The SMILES string of the molecule is CN(Cc1cnc2c(N)nc(N)nc2n1)c1ccc(C(=O)NC(CCC(=O)O)C(=O)O)cc1.NC(=O)N1C(=O)C(C(=O)c2cccs2)c2cc(Cl)ccc21. The average molecular weight is 775 g/mol. The highest BCUT2D eigenvalue weighted by Gasteiger charge is 2.44. The number of aromatic nitrogens is 4. The Morgan fingerprint density at radius 3 is 2.39 bits per heavy atom. The Labute approximate surface area is 314 Å². The lowest BCUT2D eigenvalue weighted by Crippen LogP contribution is -2.41. The number of halogens is 1. The van der Waals surface area contributed by atoms with Crippen molar-refractivity contribution in [3.8, 4) is 0 Å². The molecule has 278 valence electrons. The van der Waals surface area contributed by atoms with Crippen LogP contribution in [0.1, 0.15) is 50.0 Å². The summed E-state index contributed by atoms with van der Waals surface area (Å²) >= 11 is 7.18. The van der Waals surface area contributed by atoms with Crippen molar-refractivity contribution >= 4 is 92.8 Å². The van der Waals surface area contributed by atoms with Crippen LogP contribution in [0.15, 0.2) is 66.2 Å². The number of ketones is 1. The van der Waals surface area contributed by atoms with Crippen molar-refractivity contribution < 1.29 is 39.0 Å². The van der Waals surface area contributed by atoms with E-state index in [1.807, 2.05) is 11.9 Å². The van der Waals surface area contributed by atoms with E-state index in [-0.39, 0.29) is 41.6 Å². The van der Waals surface area contributed by atoms with E-state index in [0.717, 1.165) is 10.6 Å². The van der Waals surface area contributed by atoms with Gasteiger partial charge in [-0.15, -0.1) is 11.3 Å². The third kappa shape index (κ3) is 8.65. The number of rotatable bonds is 11. The number of hydrogen-bond acceptors (Lipinski definition) is 14. The molecule has 20 heteroatoms. The van der Waals surface area contributed by atoms with Crippen LogP contribution in [0.25, 0.3) is 11.2 Å². The number of aliphatic carboxylic acids is 2. The van der Waals surface area contributed by atoms with Crippen LogP contribution < -0.4 is 32.3 Å². The average Bonchev–Trinajstić information content (AvgIpc) is 3.76. The zero-order valence-corrected chi connectivity index (χ0v) is 29.7. The molecule has 4 heterocycles. The minimum atomic E-state index is -1.30. The number of imide groups is 1. The number of nitrogens with one attached hydrogen (secondary N) is 1. The van der Waals surface area contributed by atoms with E-state index < -0.39 is 41.7 Å². The number of anilines is 4. The van der Waals surface area contributed by atoms with Gasteiger partial charge in [0.15, 0.2) is 17.2 Å². The Kier molecular flexibility index (Phi) is 11.6. The van der Waals surface area contributed by atoms with Gasteiger partial charge in [0.05, 0.1) is 29.0 Å². The molecule has 0 saturated carbocycles. The number of hydrogen-bond donors (Lipinski definition) is 6. The number of primary amides is 1. The zero-order valence-electron chi connectivity index (χ0n) is 28.2. The van der Waals surface area contributed by atoms with Crippen LogP contribution in [0.2, 0.25) is 5.02 Å². The van der Waals surface area contributed by atoms with Crippen molar-refractivity contribution in [3.63, 3.8) is 0 Å².